The van der Waals surface area contributed by atoms with Crippen LogP contribution in [0.1, 0.15) is 20.7 Å². The summed E-state index contributed by atoms with van der Waals surface area (Å²) in [5, 5.41) is 4.51. The Balaban J connectivity index is 1.12. The van der Waals surface area contributed by atoms with Gasteiger partial charge in [0.2, 0.25) is 0 Å². The van der Waals surface area contributed by atoms with Gasteiger partial charge in [0.15, 0.2) is 0 Å². The molecule has 0 atom stereocenters. The molecule has 5 nitrogen and oxygen atoms in total. The molecule has 55 heavy (non-hydrogen) atoms. The van der Waals surface area contributed by atoms with Gasteiger partial charge in [-0.15, -0.1) is 0 Å². The molecule has 0 saturated heterocycles. The number of rotatable bonds is 5. The molecule has 0 bridgehead atoms. The van der Waals surface area contributed by atoms with Gasteiger partial charge in [-0.05, 0) is 71.3 Å². The zero-order chi connectivity index (χ0) is 36.6. The first-order chi connectivity index (χ1) is 27.2. The van der Waals surface area contributed by atoms with E-state index in [4.69, 9.17) is 0 Å². The lowest BCUT2D eigenvalue weighted by molar-refractivity contribution is 0.0926. The molecule has 1 aliphatic rings. The third-order valence-electron chi connectivity index (χ3n) is 11.1. The van der Waals surface area contributed by atoms with Crippen LogP contribution in [-0.4, -0.2) is 20.9 Å². The van der Waals surface area contributed by atoms with Crippen LogP contribution < -0.4 is 4.90 Å². The van der Waals surface area contributed by atoms with Crippen molar-refractivity contribution in [2.24, 2.45) is 0 Å². The standard InChI is InChI=1S/C50H31N3O2/c54-49-40-21-13-25-46(48(40)50(55)53(49)45-29-26-34(32-14-3-1-4-15-32)30-41(45)33-16-5-2-6-17-33)52-44-24-12-9-20-38(44)39-28-27-35(31-47(39)52)51-42-22-10-7-18-36(42)37-19-8-11-23-43(37)51/h1-31H. The van der Waals surface area contributed by atoms with Gasteiger partial charge in [0.25, 0.3) is 11.8 Å². The number of benzene rings is 8. The first kappa shape index (κ1) is 31.1. The van der Waals surface area contributed by atoms with Gasteiger partial charge in [-0.1, -0.05) is 133 Å². The fourth-order valence-electron chi connectivity index (χ4n) is 8.62. The van der Waals surface area contributed by atoms with Crippen LogP contribution in [0.4, 0.5) is 5.69 Å². The number of hydrogen-bond donors (Lipinski definition) is 0. The number of para-hydroxylation sites is 3. The molecule has 3 heterocycles. The van der Waals surface area contributed by atoms with E-state index in [2.05, 4.69) is 106 Å². The topological polar surface area (TPSA) is 47.2 Å². The third-order valence-corrected chi connectivity index (χ3v) is 11.1. The first-order valence-corrected chi connectivity index (χ1v) is 18.4. The van der Waals surface area contributed by atoms with Gasteiger partial charge in [0.1, 0.15) is 0 Å². The first-order valence-electron chi connectivity index (χ1n) is 18.4. The van der Waals surface area contributed by atoms with Crippen LogP contribution in [0.25, 0.3) is 77.2 Å². The number of anilines is 1. The predicted octanol–water partition coefficient (Wildman–Crippen LogP) is 12.0. The number of amides is 2. The van der Waals surface area contributed by atoms with E-state index in [9.17, 15) is 9.59 Å². The Morgan fingerprint density at radius 3 is 1.55 bits per heavy atom. The van der Waals surface area contributed by atoms with E-state index in [1.54, 1.807) is 6.07 Å². The molecule has 0 fully saturated rings. The van der Waals surface area contributed by atoms with Crippen molar-refractivity contribution in [2.75, 3.05) is 4.90 Å². The van der Waals surface area contributed by atoms with Crippen molar-refractivity contribution in [1.29, 1.82) is 0 Å². The summed E-state index contributed by atoms with van der Waals surface area (Å²) < 4.78 is 4.47. The molecule has 2 amide bonds. The van der Waals surface area contributed by atoms with Crippen molar-refractivity contribution in [1.82, 2.24) is 9.13 Å². The van der Waals surface area contributed by atoms with Crippen LogP contribution in [-0.2, 0) is 0 Å². The highest BCUT2D eigenvalue weighted by atomic mass is 16.2. The van der Waals surface area contributed by atoms with E-state index in [-0.39, 0.29) is 11.8 Å². The van der Waals surface area contributed by atoms with Crippen LogP contribution >= 0.6 is 0 Å². The molecular weight excluding hydrogens is 675 g/mol. The maximum atomic E-state index is 15.0. The maximum absolute atomic E-state index is 15.0. The minimum Gasteiger partial charge on any atom is -0.309 e. The lowest BCUT2D eigenvalue weighted by Gasteiger charge is -2.20. The van der Waals surface area contributed by atoms with E-state index in [1.807, 2.05) is 84.9 Å². The quantitative estimate of drug-likeness (QED) is 0.167. The number of carbonyl (C=O) groups excluding carboxylic acids is 2. The lowest BCUT2D eigenvalue weighted by atomic mass is 9.97. The molecule has 0 spiro atoms. The molecule has 8 aromatic carbocycles. The Bertz CT molecular complexity index is 3140. The van der Waals surface area contributed by atoms with Crippen molar-refractivity contribution < 1.29 is 9.59 Å². The Morgan fingerprint density at radius 2 is 0.891 bits per heavy atom. The minimum absolute atomic E-state index is 0.335. The summed E-state index contributed by atoms with van der Waals surface area (Å²) in [6.45, 7) is 0. The second kappa shape index (κ2) is 12.0. The molecule has 258 valence electrons. The van der Waals surface area contributed by atoms with Crippen LogP contribution in [0, 0.1) is 0 Å². The van der Waals surface area contributed by atoms with Crippen molar-refractivity contribution in [2.45, 2.75) is 0 Å². The van der Waals surface area contributed by atoms with Crippen LogP contribution in [0.2, 0.25) is 0 Å². The Hall–Kier alpha value is -7.50. The third kappa shape index (κ3) is 4.60. The van der Waals surface area contributed by atoms with Gasteiger partial charge in [-0.25, -0.2) is 4.90 Å². The molecule has 11 rings (SSSR count). The normalized spacial score (nSPS) is 12.8. The van der Waals surface area contributed by atoms with Gasteiger partial charge in [0, 0.05) is 32.8 Å². The summed E-state index contributed by atoms with van der Waals surface area (Å²) in [7, 11) is 0. The van der Waals surface area contributed by atoms with Gasteiger partial charge in [0.05, 0.1) is 44.6 Å². The number of aromatic nitrogens is 2. The predicted molar refractivity (Wildman–Crippen MR) is 224 cm³/mol. The van der Waals surface area contributed by atoms with Crippen LogP contribution in [0.15, 0.2) is 188 Å². The molecule has 0 N–H and O–H groups in total. The van der Waals surface area contributed by atoms with Crippen molar-refractivity contribution in [3.63, 3.8) is 0 Å². The van der Waals surface area contributed by atoms with Crippen LogP contribution in [0.5, 0.6) is 0 Å². The smallest absolute Gasteiger partial charge is 0.268 e. The second-order valence-corrected chi connectivity index (χ2v) is 14.0. The minimum atomic E-state index is -0.343. The monoisotopic (exact) mass is 705 g/mol. The number of nitrogens with zero attached hydrogens (tertiary/aromatic N) is 3. The highest BCUT2D eigenvalue weighted by Crippen LogP contribution is 2.42. The lowest BCUT2D eigenvalue weighted by Crippen LogP contribution is -2.30. The second-order valence-electron chi connectivity index (χ2n) is 14.0. The number of imide groups is 1. The zero-order valence-electron chi connectivity index (χ0n) is 29.6. The number of fused-ring (bicyclic) bond motifs is 7. The summed E-state index contributed by atoms with van der Waals surface area (Å²) in [5.41, 5.74) is 11.0. The molecule has 0 radical (unpaired) electrons. The average molecular weight is 706 g/mol. The largest absolute Gasteiger partial charge is 0.309 e. The van der Waals surface area contributed by atoms with Gasteiger partial charge in [-0.2, -0.15) is 0 Å². The molecular formula is C50H31N3O2. The highest BCUT2D eigenvalue weighted by Gasteiger charge is 2.40. The molecule has 2 aromatic heterocycles. The van der Waals surface area contributed by atoms with E-state index in [0.717, 1.165) is 60.8 Å². The van der Waals surface area contributed by atoms with Crippen molar-refractivity contribution >= 4 is 61.1 Å². The van der Waals surface area contributed by atoms with Gasteiger partial charge < -0.3 is 9.13 Å². The number of carbonyl (C=O) groups is 2. The summed E-state index contributed by atoms with van der Waals surface area (Å²) in [6.07, 6.45) is 0. The van der Waals surface area contributed by atoms with Gasteiger partial charge in [-0.3, -0.25) is 9.59 Å². The Morgan fingerprint density at radius 1 is 0.327 bits per heavy atom. The summed E-state index contributed by atoms with van der Waals surface area (Å²) in [4.78, 5) is 30.9. The molecule has 1 aliphatic heterocycles. The fourth-order valence-corrected chi connectivity index (χ4v) is 8.62. The Kier molecular flexibility index (Phi) is 6.79. The summed E-state index contributed by atoms with van der Waals surface area (Å²) >= 11 is 0. The fraction of sp³-hybridized carbons (Fsp3) is 0. The molecule has 0 unspecified atom stereocenters. The van der Waals surface area contributed by atoms with Gasteiger partial charge >= 0.3 is 0 Å². The van der Waals surface area contributed by atoms with Crippen molar-refractivity contribution in [3.8, 4) is 33.6 Å². The highest BCUT2D eigenvalue weighted by molar-refractivity contribution is 6.36. The molecule has 0 aliphatic carbocycles. The molecule has 0 saturated carbocycles. The SMILES string of the molecule is O=C1c2cccc(-n3c4ccccc4c4ccc(-n5c6ccccc6c6ccccc65)cc43)c2C(=O)N1c1ccc(-c2ccccc2)cc1-c1ccccc1. The number of hydrogen-bond acceptors (Lipinski definition) is 2. The molecule has 5 heteroatoms. The Labute approximate surface area is 316 Å². The van der Waals surface area contributed by atoms with E-state index in [0.29, 0.717) is 22.5 Å². The summed E-state index contributed by atoms with van der Waals surface area (Å²) in [5.74, 6) is -0.678. The van der Waals surface area contributed by atoms with Crippen molar-refractivity contribution in [3.05, 3.63) is 199 Å². The van der Waals surface area contributed by atoms with Crippen LogP contribution in [0.3, 0.4) is 0 Å². The summed E-state index contributed by atoms with van der Waals surface area (Å²) in [6, 6.07) is 63.5. The molecule has 10 aromatic rings. The van der Waals surface area contributed by atoms with E-state index >= 15 is 0 Å². The van der Waals surface area contributed by atoms with E-state index in [1.165, 1.54) is 15.7 Å². The average Bonchev–Trinajstić information content (AvgIpc) is 3.85. The maximum Gasteiger partial charge on any atom is 0.268 e. The zero-order valence-corrected chi connectivity index (χ0v) is 29.6. The van der Waals surface area contributed by atoms with E-state index < -0.39 is 0 Å².